The van der Waals surface area contributed by atoms with E-state index in [0.717, 1.165) is 6.42 Å². The number of nitrogens with one attached hydrogen (secondary N) is 1. The molecule has 1 aromatic heterocycles. The fourth-order valence-electron chi connectivity index (χ4n) is 2.54. The summed E-state index contributed by atoms with van der Waals surface area (Å²) >= 11 is 4.89. The van der Waals surface area contributed by atoms with Crippen LogP contribution in [0.3, 0.4) is 0 Å². The summed E-state index contributed by atoms with van der Waals surface area (Å²) in [7, 11) is 1.29. The van der Waals surface area contributed by atoms with Gasteiger partial charge in [0.15, 0.2) is 0 Å². The van der Waals surface area contributed by atoms with Gasteiger partial charge in [-0.3, -0.25) is 14.3 Å². The van der Waals surface area contributed by atoms with Gasteiger partial charge in [0.25, 0.3) is 5.56 Å². The molecule has 23 heavy (non-hydrogen) atoms. The number of rotatable bonds is 6. The molecule has 0 aromatic carbocycles. The van der Waals surface area contributed by atoms with Crippen LogP contribution in [0.5, 0.6) is 0 Å². The van der Waals surface area contributed by atoms with Gasteiger partial charge in [-0.25, -0.2) is 4.79 Å². The number of aromatic amines is 1. The summed E-state index contributed by atoms with van der Waals surface area (Å²) in [5.74, 6) is 0. The van der Waals surface area contributed by atoms with Crippen LogP contribution in [0.2, 0.25) is 0 Å². The second-order valence-corrected chi connectivity index (χ2v) is 8.32. The molecule has 2 heterocycles. The summed E-state index contributed by atoms with van der Waals surface area (Å²) in [6, 6.07) is 0. The van der Waals surface area contributed by atoms with Crippen molar-refractivity contribution in [3.63, 3.8) is 0 Å². The smallest absolute Gasteiger partial charge is 0.330 e. The zero-order valence-corrected chi connectivity index (χ0v) is 14.9. The largest absolute Gasteiger partial charge is 0.352 e. The number of hydrogen-bond acceptors (Lipinski definition) is 6. The van der Waals surface area contributed by atoms with E-state index in [-0.39, 0.29) is 6.10 Å². The van der Waals surface area contributed by atoms with Gasteiger partial charge < -0.3 is 18.7 Å². The van der Waals surface area contributed by atoms with Crippen LogP contribution in [0.25, 0.3) is 0 Å². The molecule has 0 bridgehead atoms. The first kappa shape index (κ1) is 18.5. The summed E-state index contributed by atoms with van der Waals surface area (Å²) in [5, 5.41) is 0. The molecule has 10 heteroatoms. The van der Waals surface area contributed by atoms with Gasteiger partial charge in [0.2, 0.25) is 0 Å². The Morgan fingerprint density at radius 1 is 1.57 bits per heavy atom. The number of aromatic nitrogens is 2. The van der Waals surface area contributed by atoms with E-state index in [4.69, 9.17) is 25.6 Å². The Balaban J connectivity index is 2.26. The highest BCUT2D eigenvalue weighted by atomic mass is 32.5. The third kappa shape index (κ3) is 4.37. The van der Waals surface area contributed by atoms with Crippen molar-refractivity contribution < 1.29 is 18.7 Å². The van der Waals surface area contributed by atoms with Crippen molar-refractivity contribution in [2.24, 2.45) is 0 Å². The summed E-state index contributed by atoms with van der Waals surface area (Å²) < 4.78 is 17.5. The summed E-state index contributed by atoms with van der Waals surface area (Å²) in [4.78, 5) is 35.6. The topological polar surface area (TPSA) is 103 Å². The van der Waals surface area contributed by atoms with E-state index in [1.165, 1.54) is 17.9 Å². The van der Waals surface area contributed by atoms with Crippen molar-refractivity contribution in [3.05, 3.63) is 32.6 Å². The molecule has 0 radical (unpaired) electrons. The summed E-state index contributed by atoms with van der Waals surface area (Å²) in [5.41, 5.74) is -0.558. The molecular formula is C13H21N2O6PS. The molecular weight excluding hydrogens is 343 g/mol. The Morgan fingerprint density at radius 2 is 2.26 bits per heavy atom. The molecule has 1 saturated heterocycles. The second kappa shape index (κ2) is 7.38. The average molecular weight is 364 g/mol. The quantitative estimate of drug-likeness (QED) is 0.731. The standard InChI is InChI=1S/C13H21N2O6PS/c1-4-5-9-10(21-22(18,23)19-3)6-11(20-9)15-7-8(2)12(16)14-13(15)17/h7,9-11H,4-6H2,1-3H3,(H,18,23)(H,14,16,17)/t9-,10-,11-,22?/m1/s1. The van der Waals surface area contributed by atoms with Crippen LogP contribution in [0.4, 0.5) is 0 Å². The van der Waals surface area contributed by atoms with E-state index in [9.17, 15) is 14.5 Å². The lowest BCUT2D eigenvalue weighted by molar-refractivity contribution is -0.0226. The molecule has 2 N–H and O–H groups in total. The predicted octanol–water partition coefficient (Wildman–Crippen LogP) is 1.18. The maximum absolute atomic E-state index is 12.0. The third-order valence-electron chi connectivity index (χ3n) is 3.71. The maximum atomic E-state index is 12.0. The normalized spacial score (nSPS) is 27.0. The molecule has 0 aliphatic carbocycles. The van der Waals surface area contributed by atoms with Gasteiger partial charge in [0.1, 0.15) is 6.23 Å². The fourth-order valence-corrected chi connectivity index (χ4v) is 3.52. The van der Waals surface area contributed by atoms with Crippen LogP contribution in [-0.4, -0.2) is 33.8 Å². The number of nitrogens with zero attached hydrogens (tertiary/aromatic N) is 1. The predicted molar refractivity (Wildman–Crippen MR) is 87.9 cm³/mol. The first-order valence-corrected chi connectivity index (χ1v) is 9.91. The minimum atomic E-state index is -3.32. The molecule has 1 aliphatic rings. The van der Waals surface area contributed by atoms with Crippen molar-refractivity contribution >= 4 is 18.5 Å². The molecule has 0 amide bonds. The lowest BCUT2D eigenvalue weighted by Gasteiger charge is -2.22. The van der Waals surface area contributed by atoms with Gasteiger partial charge in [-0.2, -0.15) is 0 Å². The van der Waals surface area contributed by atoms with Gasteiger partial charge in [0.05, 0.1) is 12.2 Å². The molecule has 8 nitrogen and oxygen atoms in total. The van der Waals surface area contributed by atoms with Gasteiger partial charge in [0, 0.05) is 25.3 Å². The van der Waals surface area contributed by atoms with Crippen molar-refractivity contribution in [3.8, 4) is 0 Å². The number of hydrogen-bond donors (Lipinski definition) is 2. The van der Waals surface area contributed by atoms with Crippen LogP contribution >= 0.6 is 6.72 Å². The zero-order chi connectivity index (χ0) is 17.2. The average Bonchev–Trinajstić information content (AvgIpc) is 2.85. The van der Waals surface area contributed by atoms with E-state index in [1.807, 2.05) is 6.92 Å². The molecule has 1 fully saturated rings. The van der Waals surface area contributed by atoms with Crippen molar-refractivity contribution in [2.45, 2.75) is 51.5 Å². The lowest BCUT2D eigenvalue weighted by Crippen LogP contribution is -2.33. The lowest BCUT2D eigenvalue weighted by atomic mass is 10.1. The van der Waals surface area contributed by atoms with Crippen LogP contribution in [-0.2, 0) is 25.6 Å². The van der Waals surface area contributed by atoms with Crippen LogP contribution in [0.15, 0.2) is 15.8 Å². The van der Waals surface area contributed by atoms with E-state index in [1.54, 1.807) is 6.92 Å². The molecule has 4 atom stereocenters. The summed E-state index contributed by atoms with van der Waals surface area (Å²) in [6.07, 6.45) is 1.95. The van der Waals surface area contributed by atoms with E-state index in [0.29, 0.717) is 18.4 Å². The molecule has 1 unspecified atom stereocenters. The maximum Gasteiger partial charge on any atom is 0.330 e. The second-order valence-electron chi connectivity index (χ2n) is 5.43. The highest BCUT2D eigenvalue weighted by molar-refractivity contribution is 8.07. The third-order valence-corrected chi connectivity index (χ3v) is 5.41. The molecule has 1 aliphatic heterocycles. The van der Waals surface area contributed by atoms with Crippen LogP contribution < -0.4 is 11.2 Å². The molecule has 2 rings (SSSR count). The number of ether oxygens (including phenoxy) is 1. The zero-order valence-electron chi connectivity index (χ0n) is 13.2. The van der Waals surface area contributed by atoms with Crippen LogP contribution in [0.1, 0.15) is 38.0 Å². The van der Waals surface area contributed by atoms with Gasteiger partial charge in [-0.1, -0.05) is 13.3 Å². The highest BCUT2D eigenvalue weighted by Gasteiger charge is 2.39. The van der Waals surface area contributed by atoms with E-state index in [2.05, 4.69) is 4.98 Å². The minimum absolute atomic E-state index is 0.311. The van der Waals surface area contributed by atoms with Crippen molar-refractivity contribution in [1.29, 1.82) is 0 Å². The van der Waals surface area contributed by atoms with Gasteiger partial charge in [-0.05, 0) is 25.2 Å². The first-order valence-electron chi connectivity index (χ1n) is 7.32. The highest BCUT2D eigenvalue weighted by Crippen LogP contribution is 2.48. The molecule has 0 saturated carbocycles. The fraction of sp³-hybridized carbons (Fsp3) is 0.692. The van der Waals surface area contributed by atoms with E-state index < -0.39 is 30.3 Å². The Bertz CT molecular complexity index is 717. The first-order chi connectivity index (χ1) is 10.8. The number of H-pyrrole nitrogens is 1. The van der Waals surface area contributed by atoms with Gasteiger partial charge in [-0.15, -0.1) is 0 Å². The SMILES string of the molecule is CCC[C@H]1O[C@@H](n2cc(C)c(=O)[nH]c2=O)C[C@H]1OP(O)(=S)OC. The molecule has 1 aromatic rings. The Kier molecular flexibility index (Phi) is 5.94. The van der Waals surface area contributed by atoms with Crippen molar-refractivity contribution in [2.75, 3.05) is 7.11 Å². The van der Waals surface area contributed by atoms with E-state index >= 15 is 0 Å². The summed E-state index contributed by atoms with van der Waals surface area (Å²) in [6.45, 7) is 0.283. The Morgan fingerprint density at radius 3 is 2.87 bits per heavy atom. The Hall–Kier alpha value is -0.830. The van der Waals surface area contributed by atoms with Crippen molar-refractivity contribution in [1.82, 2.24) is 9.55 Å². The Labute approximate surface area is 138 Å². The minimum Gasteiger partial charge on any atom is -0.352 e. The van der Waals surface area contributed by atoms with Gasteiger partial charge >= 0.3 is 12.4 Å². The monoisotopic (exact) mass is 364 g/mol. The molecule has 130 valence electrons. The van der Waals surface area contributed by atoms with Crippen LogP contribution in [0, 0.1) is 6.92 Å². The number of aryl methyl sites for hydroxylation is 1. The molecule has 0 spiro atoms.